The molecule has 0 spiro atoms. The number of benzene rings is 1. The lowest BCUT2D eigenvalue weighted by atomic mass is 10.0. The Morgan fingerprint density at radius 1 is 1.30 bits per heavy atom. The third-order valence-electron chi connectivity index (χ3n) is 3.03. The van der Waals surface area contributed by atoms with Crippen LogP contribution in [0.5, 0.6) is 0 Å². The summed E-state index contributed by atoms with van der Waals surface area (Å²) in [6.45, 7) is 1.43. The summed E-state index contributed by atoms with van der Waals surface area (Å²) in [5, 5.41) is 11.1. The number of hydrogen-bond acceptors (Lipinski definition) is 3. The molecule has 104 valence electrons. The molecule has 0 bridgehead atoms. The summed E-state index contributed by atoms with van der Waals surface area (Å²) in [7, 11) is 0. The highest BCUT2D eigenvalue weighted by atomic mass is 19.1. The topological polar surface area (TPSA) is 56.0 Å². The molecule has 0 aliphatic carbocycles. The first-order valence-electron chi connectivity index (χ1n) is 6.38. The maximum Gasteiger partial charge on any atom is 0.295 e. The van der Waals surface area contributed by atoms with E-state index in [4.69, 9.17) is 0 Å². The third kappa shape index (κ3) is 3.17. The molecule has 0 radical (unpaired) electrons. The van der Waals surface area contributed by atoms with Crippen LogP contribution in [-0.2, 0) is 6.42 Å². The van der Waals surface area contributed by atoms with Gasteiger partial charge >= 0.3 is 0 Å². The molecule has 0 saturated heterocycles. The molecule has 0 saturated carbocycles. The highest BCUT2D eigenvalue weighted by molar-refractivity contribution is 5.69. The van der Waals surface area contributed by atoms with Crippen molar-refractivity contribution in [2.45, 2.75) is 19.8 Å². The Bertz CT molecular complexity index is 612. The van der Waals surface area contributed by atoms with Crippen LogP contribution < -0.4 is 0 Å². The van der Waals surface area contributed by atoms with Crippen molar-refractivity contribution >= 4 is 5.69 Å². The SMILES string of the molecule is Cc1cnc(-c2ccc(CCCF)cc2)c([N+](=O)[O-])c1. The molecule has 0 atom stereocenters. The van der Waals surface area contributed by atoms with E-state index >= 15 is 0 Å². The highest BCUT2D eigenvalue weighted by Gasteiger charge is 2.16. The number of hydrogen-bond donors (Lipinski definition) is 0. The molecule has 20 heavy (non-hydrogen) atoms. The molecule has 0 N–H and O–H groups in total. The van der Waals surface area contributed by atoms with Crippen LogP contribution in [0.2, 0.25) is 0 Å². The number of aromatic nitrogens is 1. The summed E-state index contributed by atoms with van der Waals surface area (Å²) in [4.78, 5) is 14.8. The number of alkyl halides is 1. The fourth-order valence-electron chi connectivity index (χ4n) is 2.02. The van der Waals surface area contributed by atoms with Crippen molar-refractivity contribution in [3.8, 4) is 11.3 Å². The first-order chi connectivity index (χ1) is 9.61. The lowest BCUT2D eigenvalue weighted by Gasteiger charge is -2.05. The van der Waals surface area contributed by atoms with Crippen molar-refractivity contribution in [2.24, 2.45) is 0 Å². The number of halogens is 1. The zero-order chi connectivity index (χ0) is 14.5. The molecule has 2 aromatic rings. The summed E-state index contributed by atoms with van der Waals surface area (Å²) in [6.07, 6.45) is 2.77. The van der Waals surface area contributed by atoms with Crippen LogP contribution in [0, 0.1) is 17.0 Å². The monoisotopic (exact) mass is 274 g/mol. The van der Waals surface area contributed by atoms with E-state index in [0.717, 1.165) is 11.1 Å². The fraction of sp³-hybridized carbons (Fsp3) is 0.267. The Hall–Kier alpha value is -2.30. The van der Waals surface area contributed by atoms with E-state index in [1.165, 1.54) is 6.07 Å². The lowest BCUT2D eigenvalue weighted by Crippen LogP contribution is -1.96. The molecule has 0 fully saturated rings. The zero-order valence-corrected chi connectivity index (χ0v) is 11.2. The van der Waals surface area contributed by atoms with Gasteiger partial charge in [-0.25, -0.2) is 4.98 Å². The normalized spacial score (nSPS) is 10.5. The van der Waals surface area contributed by atoms with Crippen LogP contribution in [0.4, 0.5) is 10.1 Å². The number of nitrogens with zero attached hydrogens (tertiary/aromatic N) is 2. The Morgan fingerprint density at radius 3 is 2.60 bits per heavy atom. The van der Waals surface area contributed by atoms with Crippen molar-refractivity contribution in [2.75, 3.05) is 6.67 Å². The van der Waals surface area contributed by atoms with Crippen molar-refractivity contribution in [3.05, 3.63) is 57.8 Å². The van der Waals surface area contributed by atoms with Crippen molar-refractivity contribution in [3.63, 3.8) is 0 Å². The van der Waals surface area contributed by atoms with Gasteiger partial charge in [0.15, 0.2) is 0 Å². The molecule has 0 unspecified atom stereocenters. The first kappa shape index (κ1) is 14.1. The summed E-state index contributed by atoms with van der Waals surface area (Å²) in [5.74, 6) is 0. The second-order valence-corrected chi connectivity index (χ2v) is 4.63. The van der Waals surface area contributed by atoms with E-state index in [1.807, 2.05) is 12.1 Å². The molecule has 4 nitrogen and oxygen atoms in total. The van der Waals surface area contributed by atoms with E-state index in [2.05, 4.69) is 4.98 Å². The molecular weight excluding hydrogens is 259 g/mol. The largest absolute Gasteiger partial charge is 0.295 e. The maximum absolute atomic E-state index is 12.1. The van der Waals surface area contributed by atoms with Gasteiger partial charge in [-0.3, -0.25) is 14.5 Å². The minimum atomic E-state index is -0.424. The Morgan fingerprint density at radius 2 is 2.00 bits per heavy atom. The molecule has 1 aromatic heterocycles. The van der Waals surface area contributed by atoms with Gasteiger partial charge in [0.05, 0.1) is 11.6 Å². The smallest absolute Gasteiger partial charge is 0.258 e. The Labute approximate surface area is 116 Å². The number of aryl methyl sites for hydroxylation is 2. The fourth-order valence-corrected chi connectivity index (χ4v) is 2.02. The number of rotatable bonds is 5. The van der Waals surface area contributed by atoms with Gasteiger partial charge in [0.25, 0.3) is 5.69 Å². The van der Waals surface area contributed by atoms with E-state index in [0.29, 0.717) is 24.1 Å². The predicted octanol–water partition coefficient (Wildman–Crippen LogP) is 3.87. The third-order valence-corrected chi connectivity index (χ3v) is 3.03. The van der Waals surface area contributed by atoms with E-state index in [-0.39, 0.29) is 12.4 Å². The molecular formula is C15H15FN2O2. The van der Waals surface area contributed by atoms with E-state index in [1.54, 1.807) is 25.3 Å². The van der Waals surface area contributed by atoms with Crippen LogP contribution in [0.3, 0.4) is 0 Å². The van der Waals surface area contributed by atoms with Crippen LogP contribution in [0.15, 0.2) is 36.5 Å². The number of pyridine rings is 1. The summed E-state index contributed by atoms with van der Waals surface area (Å²) >= 11 is 0. The molecule has 0 aliphatic heterocycles. The second kappa shape index (κ2) is 6.23. The van der Waals surface area contributed by atoms with Gasteiger partial charge in [-0.05, 0) is 30.9 Å². The minimum absolute atomic E-state index is 0.00140. The number of nitro groups is 1. The van der Waals surface area contributed by atoms with Gasteiger partial charge < -0.3 is 0 Å². The second-order valence-electron chi connectivity index (χ2n) is 4.63. The quantitative estimate of drug-likeness (QED) is 0.614. The average Bonchev–Trinajstić information content (AvgIpc) is 2.45. The summed E-state index contributed by atoms with van der Waals surface area (Å²) < 4.78 is 12.1. The first-order valence-corrected chi connectivity index (χ1v) is 6.38. The van der Waals surface area contributed by atoms with Crippen molar-refractivity contribution in [1.82, 2.24) is 4.98 Å². The van der Waals surface area contributed by atoms with Crippen molar-refractivity contribution in [1.29, 1.82) is 0 Å². The van der Waals surface area contributed by atoms with Crippen LogP contribution >= 0.6 is 0 Å². The van der Waals surface area contributed by atoms with E-state index < -0.39 is 4.92 Å². The van der Waals surface area contributed by atoms with Crippen LogP contribution in [0.25, 0.3) is 11.3 Å². The maximum atomic E-state index is 12.1. The van der Waals surface area contributed by atoms with Gasteiger partial charge in [0.2, 0.25) is 0 Å². The van der Waals surface area contributed by atoms with Gasteiger partial charge in [-0.2, -0.15) is 0 Å². The van der Waals surface area contributed by atoms with Crippen LogP contribution in [0.1, 0.15) is 17.5 Å². The Kier molecular flexibility index (Phi) is 4.40. The van der Waals surface area contributed by atoms with Gasteiger partial charge in [-0.1, -0.05) is 24.3 Å². The van der Waals surface area contributed by atoms with Gasteiger partial charge in [0.1, 0.15) is 5.69 Å². The molecule has 1 heterocycles. The summed E-state index contributed by atoms with van der Waals surface area (Å²) in [6, 6.07) is 8.81. The van der Waals surface area contributed by atoms with Crippen LogP contribution in [-0.4, -0.2) is 16.6 Å². The average molecular weight is 274 g/mol. The summed E-state index contributed by atoms with van der Waals surface area (Å²) in [5.41, 5.74) is 2.82. The molecule has 0 amide bonds. The predicted molar refractivity (Wildman–Crippen MR) is 75.4 cm³/mol. The standard InChI is InChI=1S/C15H15FN2O2/c1-11-9-14(18(19)20)15(17-10-11)13-6-4-12(5-7-13)3-2-8-16/h4-7,9-10H,2-3,8H2,1H3. The molecule has 2 rings (SSSR count). The van der Waals surface area contributed by atoms with Gasteiger partial charge in [0, 0.05) is 17.8 Å². The lowest BCUT2D eigenvalue weighted by molar-refractivity contribution is -0.384. The van der Waals surface area contributed by atoms with Crippen molar-refractivity contribution < 1.29 is 9.31 Å². The molecule has 1 aromatic carbocycles. The minimum Gasteiger partial charge on any atom is -0.258 e. The molecule has 5 heteroatoms. The highest BCUT2D eigenvalue weighted by Crippen LogP contribution is 2.28. The molecule has 0 aliphatic rings. The zero-order valence-electron chi connectivity index (χ0n) is 11.2. The van der Waals surface area contributed by atoms with Gasteiger partial charge in [-0.15, -0.1) is 0 Å². The Balaban J connectivity index is 2.34. The van der Waals surface area contributed by atoms with E-state index in [9.17, 15) is 14.5 Å².